The molecule has 0 fully saturated rings. The molecular formula is C21H18ClN3O4S. The molecule has 0 aliphatic carbocycles. The van der Waals surface area contributed by atoms with Crippen LogP contribution in [0.4, 0.5) is 10.8 Å². The smallest absolute Gasteiger partial charge is 0.358 e. The highest BCUT2D eigenvalue weighted by Gasteiger charge is 2.15. The predicted molar refractivity (Wildman–Crippen MR) is 118 cm³/mol. The fourth-order valence-electron chi connectivity index (χ4n) is 2.30. The first kappa shape index (κ1) is 21.4. The number of amides is 1. The highest BCUT2D eigenvalue weighted by atomic mass is 35.5. The highest BCUT2D eigenvalue weighted by molar-refractivity contribution is 7.13. The topological polar surface area (TPSA) is 89.5 Å². The quantitative estimate of drug-likeness (QED) is 0.358. The van der Waals surface area contributed by atoms with Gasteiger partial charge in [-0.15, -0.1) is 17.9 Å². The van der Waals surface area contributed by atoms with Gasteiger partial charge in [0.1, 0.15) is 5.75 Å². The second-order valence-electron chi connectivity index (χ2n) is 5.89. The third-order valence-electron chi connectivity index (χ3n) is 3.63. The molecular weight excluding hydrogens is 426 g/mol. The molecule has 2 N–H and O–H groups in total. The van der Waals surface area contributed by atoms with Gasteiger partial charge in [-0.3, -0.25) is 4.79 Å². The first-order valence-corrected chi connectivity index (χ1v) is 10.1. The number of halogens is 1. The minimum absolute atomic E-state index is 0.121. The van der Waals surface area contributed by atoms with Gasteiger partial charge in [-0.25, -0.2) is 9.78 Å². The van der Waals surface area contributed by atoms with E-state index in [1.807, 2.05) is 18.2 Å². The molecule has 3 aromatic rings. The van der Waals surface area contributed by atoms with Gasteiger partial charge in [0.05, 0.1) is 5.69 Å². The van der Waals surface area contributed by atoms with Crippen molar-refractivity contribution in [1.29, 1.82) is 0 Å². The molecule has 1 amide bonds. The lowest BCUT2D eigenvalue weighted by Gasteiger charge is -2.13. The van der Waals surface area contributed by atoms with E-state index in [1.54, 1.807) is 41.8 Å². The molecule has 0 radical (unpaired) electrons. The number of hydrogen-bond acceptors (Lipinski definition) is 7. The Morgan fingerprint density at radius 1 is 1.20 bits per heavy atom. The third kappa shape index (κ3) is 6.07. The molecule has 0 atom stereocenters. The lowest BCUT2D eigenvalue weighted by Crippen LogP contribution is -2.21. The maximum Gasteiger partial charge on any atom is 0.358 e. The lowest BCUT2D eigenvalue weighted by atomic mass is 10.2. The van der Waals surface area contributed by atoms with Gasteiger partial charge in [-0.2, -0.15) is 0 Å². The van der Waals surface area contributed by atoms with Gasteiger partial charge < -0.3 is 20.1 Å². The summed E-state index contributed by atoms with van der Waals surface area (Å²) in [6.07, 6.45) is 1.68. The van der Waals surface area contributed by atoms with Gasteiger partial charge in [0, 0.05) is 16.9 Å². The summed E-state index contributed by atoms with van der Waals surface area (Å²) in [6, 6.07) is 13.9. The Kier molecular flexibility index (Phi) is 7.42. The molecule has 30 heavy (non-hydrogen) atoms. The average molecular weight is 444 g/mol. The standard InChI is InChI=1S/C21H18ClN3O4S/c1-2-10-23-21-25-17(13-30-21)20(27)28-12-19(26)24-16-11-14(22)8-9-18(16)29-15-6-4-3-5-7-15/h2-9,11,13H,1,10,12H2,(H,23,25)(H,24,26). The maximum absolute atomic E-state index is 12.3. The number of hydrogen-bond donors (Lipinski definition) is 2. The number of benzene rings is 2. The van der Waals surface area contributed by atoms with Crippen LogP contribution in [0, 0.1) is 0 Å². The number of aromatic nitrogens is 1. The van der Waals surface area contributed by atoms with Crippen molar-refractivity contribution in [2.24, 2.45) is 0 Å². The van der Waals surface area contributed by atoms with Crippen molar-refractivity contribution in [3.8, 4) is 11.5 Å². The number of thiazole rings is 1. The van der Waals surface area contributed by atoms with Crippen molar-refractivity contribution >= 4 is 45.6 Å². The molecule has 0 aliphatic heterocycles. The van der Waals surface area contributed by atoms with E-state index in [2.05, 4.69) is 22.2 Å². The average Bonchev–Trinajstić information content (AvgIpc) is 3.22. The number of anilines is 2. The summed E-state index contributed by atoms with van der Waals surface area (Å²) >= 11 is 7.29. The van der Waals surface area contributed by atoms with Gasteiger partial charge in [0.25, 0.3) is 5.91 Å². The van der Waals surface area contributed by atoms with Crippen molar-refractivity contribution in [2.45, 2.75) is 0 Å². The fourth-order valence-corrected chi connectivity index (χ4v) is 3.17. The third-order valence-corrected chi connectivity index (χ3v) is 4.67. The minimum atomic E-state index is -0.695. The van der Waals surface area contributed by atoms with E-state index >= 15 is 0 Å². The normalized spacial score (nSPS) is 10.2. The first-order valence-electron chi connectivity index (χ1n) is 8.85. The van der Waals surface area contributed by atoms with E-state index in [4.69, 9.17) is 21.1 Å². The second-order valence-corrected chi connectivity index (χ2v) is 7.18. The Hall–Kier alpha value is -3.36. The number of carbonyl (C=O) groups is 2. The minimum Gasteiger partial charge on any atom is -0.455 e. The summed E-state index contributed by atoms with van der Waals surface area (Å²) in [5.74, 6) is -0.225. The van der Waals surface area contributed by atoms with Crippen LogP contribution in [0.25, 0.3) is 0 Å². The summed E-state index contributed by atoms with van der Waals surface area (Å²) in [4.78, 5) is 28.5. The molecule has 1 aromatic heterocycles. The first-order chi connectivity index (χ1) is 14.5. The van der Waals surface area contributed by atoms with Crippen LogP contribution in [0.5, 0.6) is 11.5 Å². The largest absolute Gasteiger partial charge is 0.455 e. The summed E-state index contributed by atoms with van der Waals surface area (Å²) < 4.78 is 10.8. The Labute approximate surface area is 182 Å². The van der Waals surface area contributed by atoms with E-state index in [1.165, 1.54) is 11.3 Å². The zero-order valence-electron chi connectivity index (χ0n) is 15.8. The fraction of sp³-hybridized carbons (Fsp3) is 0.0952. The number of para-hydroxylation sites is 1. The van der Waals surface area contributed by atoms with E-state index in [-0.39, 0.29) is 5.69 Å². The molecule has 0 spiro atoms. The molecule has 0 unspecified atom stereocenters. The summed E-state index contributed by atoms with van der Waals surface area (Å²) in [5, 5.41) is 8.15. The van der Waals surface area contributed by atoms with Crippen LogP contribution in [0.15, 0.2) is 66.6 Å². The molecule has 0 saturated heterocycles. The second kappa shape index (κ2) is 10.4. The molecule has 154 valence electrons. The highest BCUT2D eigenvalue weighted by Crippen LogP contribution is 2.32. The molecule has 7 nitrogen and oxygen atoms in total. The number of carbonyl (C=O) groups excluding carboxylic acids is 2. The monoisotopic (exact) mass is 443 g/mol. The predicted octanol–water partition coefficient (Wildman–Crippen LogP) is 4.98. The van der Waals surface area contributed by atoms with Crippen LogP contribution in [0.1, 0.15) is 10.5 Å². The summed E-state index contributed by atoms with van der Waals surface area (Å²) in [6.45, 7) is 3.64. The SMILES string of the molecule is C=CCNc1nc(C(=O)OCC(=O)Nc2cc(Cl)ccc2Oc2ccccc2)cs1. The van der Waals surface area contributed by atoms with Crippen LogP contribution in [0.2, 0.25) is 5.02 Å². The summed E-state index contributed by atoms with van der Waals surface area (Å²) in [5.41, 5.74) is 0.479. The maximum atomic E-state index is 12.3. The zero-order valence-corrected chi connectivity index (χ0v) is 17.3. The number of nitrogens with zero attached hydrogens (tertiary/aromatic N) is 1. The van der Waals surface area contributed by atoms with Crippen molar-refractivity contribution in [3.05, 3.63) is 77.3 Å². The molecule has 0 bridgehead atoms. The van der Waals surface area contributed by atoms with Crippen LogP contribution in [-0.2, 0) is 9.53 Å². The molecule has 0 aliphatic rings. The van der Waals surface area contributed by atoms with E-state index in [0.717, 1.165) is 0 Å². The number of ether oxygens (including phenoxy) is 2. The lowest BCUT2D eigenvalue weighted by molar-refractivity contribution is -0.119. The Morgan fingerprint density at radius 2 is 2.00 bits per heavy atom. The Bertz CT molecular complexity index is 1040. The van der Waals surface area contributed by atoms with Crippen LogP contribution >= 0.6 is 22.9 Å². The molecule has 9 heteroatoms. The van der Waals surface area contributed by atoms with E-state index < -0.39 is 18.5 Å². The van der Waals surface area contributed by atoms with Crippen molar-refractivity contribution in [1.82, 2.24) is 4.98 Å². The van der Waals surface area contributed by atoms with Crippen LogP contribution in [-0.4, -0.2) is 30.0 Å². The number of nitrogens with one attached hydrogen (secondary N) is 2. The molecule has 2 aromatic carbocycles. The van der Waals surface area contributed by atoms with Gasteiger partial charge >= 0.3 is 5.97 Å². The zero-order chi connectivity index (χ0) is 21.3. The Balaban J connectivity index is 1.59. The number of esters is 1. The van der Waals surface area contributed by atoms with Crippen molar-refractivity contribution in [2.75, 3.05) is 23.8 Å². The molecule has 1 heterocycles. The molecule has 3 rings (SSSR count). The van der Waals surface area contributed by atoms with Gasteiger partial charge in [-0.05, 0) is 30.3 Å². The van der Waals surface area contributed by atoms with Gasteiger partial charge in [0.2, 0.25) is 0 Å². The summed E-state index contributed by atoms with van der Waals surface area (Å²) in [7, 11) is 0. The Morgan fingerprint density at radius 3 is 2.77 bits per heavy atom. The van der Waals surface area contributed by atoms with Crippen LogP contribution < -0.4 is 15.4 Å². The van der Waals surface area contributed by atoms with E-state index in [9.17, 15) is 9.59 Å². The van der Waals surface area contributed by atoms with Gasteiger partial charge in [-0.1, -0.05) is 35.9 Å². The molecule has 0 saturated carbocycles. The van der Waals surface area contributed by atoms with Gasteiger partial charge in [0.15, 0.2) is 23.2 Å². The number of rotatable bonds is 9. The van der Waals surface area contributed by atoms with Crippen molar-refractivity contribution in [3.63, 3.8) is 0 Å². The van der Waals surface area contributed by atoms with E-state index in [0.29, 0.717) is 33.9 Å². The van der Waals surface area contributed by atoms with Crippen LogP contribution in [0.3, 0.4) is 0 Å². The van der Waals surface area contributed by atoms with Crippen molar-refractivity contribution < 1.29 is 19.1 Å².